The summed E-state index contributed by atoms with van der Waals surface area (Å²) in [6, 6.07) is 7.84. The highest BCUT2D eigenvalue weighted by Gasteiger charge is 1.87. The molecule has 1 aromatic rings. The third kappa shape index (κ3) is 2.39. The first-order valence-electron chi connectivity index (χ1n) is 3.84. The minimum atomic E-state index is 0.401. The van der Waals surface area contributed by atoms with Crippen molar-refractivity contribution in [2.45, 2.75) is 6.54 Å². The Balaban J connectivity index is 2.78. The van der Waals surface area contributed by atoms with Crippen LogP contribution < -0.4 is 11.5 Å². The largest absolute Gasteiger partial charge is 0.326 e. The van der Waals surface area contributed by atoms with E-state index in [0.717, 1.165) is 11.1 Å². The van der Waals surface area contributed by atoms with Gasteiger partial charge in [-0.25, -0.2) is 0 Å². The summed E-state index contributed by atoms with van der Waals surface area (Å²) in [5, 5.41) is 0. The molecule has 1 aromatic carbocycles. The van der Waals surface area contributed by atoms with Crippen LogP contribution >= 0.6 is 0 Å². The van der Waals surface area contributed by atoms with Crippen LogP contribution in [0.2, 0.25) is 0 Å². The fourth-order valence-corrected chi connectivity index (χ4v) is 0.877. The molecule has 0 saturated carbocycles. The molecule has 0 atom stereocenters. The van der Waals surface area contributed by atoms with Crippen LogP contribution in [-0.2, 0) is 6.54 Å². The fraction of sp³-hybridized carbons (Fsp3) is 0.200. The molecule has 2 nitrogen and oxygen atoms in total. The van der Waals surface area contributed by atoms with Crippen LogP contribution in [0.25, 0.3) is 0 Å². The van der Waals surface area contributed by atoms with Crippen LogP contribution in [-0.4, -0.2) is 6.54 Å². The average Bonchev–Trinajstić information content (AvgIpc) is 2.15. The SMILES string of the molecule is NCC#Cc1ccc(CN)cc1. The smallest absolute Gasteiger partial charge is 0.0555 e. The highest BCUT2D eigenvalue weighted by atomic mass is 14.5. The molecule has 2 heteroatoms. The second-order valence-corrected chi connectivity index (χ2v) is 2.41. The van der Waals surface area contributed by atoms with Crippen molar-refractivity contribution in [3.63, 3.8) is 0 Å². The predicted octanol–water partition coefficient (Wildman–Crippen LogP) is 0.455. The van der Waals surface area contributed by atoms with Gasteiger partial charge in [0.2, 0.25) is 0 Å². The zero-order valence-corrected chi connectivity index (χ0v) is 6.88. The van der Waals surface area contributed by atoms with E-state index in [1.165, 1.54) is 0 Å². The molecule has 0 aliphatic rings. The molecule has 0 saturated heterocycles. The standard InChI is InChI=1S/C10H12N2/c11-7-1-2-9-3-5-10(8-12)6-4-9/h3-6H,7-8,11-12H2. The van der Waals surface area contributed by atoms with Gasteiger partial charge in [0.15, 0.2) is 0 Å². The number of benzene rings is 1. The van der Waals surface area contributed by atoms with Crippen molar-refractivity contribution in [2.24, 2.45) is 11.5 Å². The molecule has 0 unspecified atom stereocenters. The molecule has 1 rings (SSSR count). The lowest BCUT2D eigenvalue weighted by Crippen LogP contribution is -1.95. The number of hydrogen-bond acceptors (Lipinski definition) is 2. The Kier molecular flexibility index (Phi) is 3.34. The Morgan fingerprint density at radius 1 is 1.08 bits per heavy atom. The van der Waals surface area contributed by atoms with Gasteiger partial charge in [-0.05, 0) is 17.7 Å². The zero-order chi connectivity index (χ0) is 8.81. The van der Waals surface area contributed by atoms with E-state index in [2.05, 4.69) is 11.8 Å². The van der Waals surface area contributed by atoms with E-state index in [9.17, 15) is 0 Å². The first-order valence-corrected chi connectivity index (χ1v) is 3.84. The van der Waals surface area contributed by atoms with Gasteiger partial charge in [0.1, 0.15) is 0 Å². The molecule has 0 aliphatic heterocycles. The topological polar surface area (TPSA) is 52.0 Å². The first kappa shape index (κ1) is 8.79. The molecule has 0 heterocycles. The molecule has 0 aromatic heterocycles. The van der Waals surface area contributed by atoms with Gasteiger partial charge >= 0.3 is 0 Å². The molecule has 0 bridgehead atoms. The summed E-state index contributed by atoms with van der Waals surface area (Å²) in [7, 11) is 0. The number of rotatable bonds is 1. The highest BCUT2D eigenvalue weighted by Crippen LogP contribution is 2.01. The van der Waals surface area contributed by atoms with E-state index in [1.807, 2.05) is 24.3 Å². The lowest BCUT2D eigenvalue weighted by atomic mass is 10.1. The van der Waals surface area contributed by atoms with Crippen molar-refractivity contribution in [1.29, 1.82) is 0 Å². The quantitative estimate of drug-likeness (QED) is 0.586. The summed E-state index contributed by atoms with van der Waals surface area (Å²) in [5.41, 5.74) is 12.8. The van der Waals surface area contributed by atoms with E-state index in [4.69, 9.17) is 11.5 Å². The molecular weight excluding hydrogens is 148 g/mol. The van der Waals surface area contributed by atoms with Crippen molar-refractivity contribution in [2.75, 3.05) is 6.54 Å². The Labute approximate surface area is 72.6 Å². The lowest BCUT2D eigenvalue weighted by molar-refractivity contribution is 1.07. The van der Waals surface area contributed by atoms with Crippen molar-refractivity contribution in [3.8, 4) is 11.8 Å². The summed E-state index contributed by atoms with van der Waals surface area (Å²) >= 11 is 0. The number of nitrogens with two attached hydrogens (primary N) is 2. The maximum atomic E-state index is 5.44. The molecule has 12 heavy (non-hydrogen) atoms. The van der Waals surface area contributed by atoms with E-state index >= 15 is 0 Å². The Morgan fingerprint density at radius 2 is 1.75 bits per heavy atom. The van der Waals surface area contributed by atoms with Crippen LogP contribution in [0.15, 0.2) is 24.3 Å². The van der Waals surface area contributed by atoms with Crippen LogP contribution in [0.4, 0.5) is 0 Å². The predicted molar refractivity (Wildman–Crippen MR) is 50.3 cm³/mol. The molecule has 0 aliphatic carbocycles. The second-order valence-electron chi connectivity index (χ2n) is 2.41. The minimum Gasteiger partial charge on any atom is -0.326 e. The zero-order valence-electron chi connectivity index (χ0n) is 6.88. The van der Waals surface area contributed by atoms with Gasteiger partial charge in [0, 0.05) is 12.1 Å². The van der Waals surface area contributed by atoms with E-state index < -0.39 is 0 Å². The summed E-state index contributed by atoms with van der Waals surface area (Å²) in [5.74, 6) is 5.73. The molecular formula is C10H12N2. The molecule has 0 fully saturated rings. The third-order valence-corrected chi connectivity index (χ3v) is 1.52. The van der Waals surface area contributed by atoms with Gasteiger partial charge in [-0.2, -0.15) is 0 Å². The molecule has 62 valence electrons. The summed E-state index contributed by atoms with van der Waals surface area (Å²) in [6.07, 6.45) is 0. The normalized spacial score (nSPS) is 8.83. The first-order chi connectivity index (χ1) is 5.86. The minimum absolute atomic E-state index is 0.401. The van der Waals surface area contributed by atoms with Crippen LogP contribution in [0.3, 0.4) is 0 Å². The van der Waals surface area contributed by atoms with Crippen LogP contribution in [0, 0.1) is 11.8 Å². The van der Waals surface area contributed by atoms with E-state index in [-0.39, 0.29) is 0 Å². The maximum absolute atomic E-state index is 5.44. The van der Waals surface area contributed by atoms with Gasteiger partial charge in [0.25, 0.3) is 0 Å². The van der Waals surface area contributed by atoms with Gasteiger partial charge in [0.05, 0.1) is 6.54 Å². The van der Waals surface area contributed by atoms with Crippen molar-refractivity contribution < 1.29 is 0 Å². The summed E-state index contributed by atoms with van der Waals surface area (Å²) < 4.78 is 0. The van der Waals surface area contributed by atoms with Gasteiger partial charge in [-0.1, -0.05) is 24.0 Å². The van der Waals surface area contributed by atoms with Crippen molar-refractivity contribution in [3.05, 3.63) is 35.4 Å². The summed E-state index contributed by atoms with van der Waals surface area (Å²) in [6.45, 7) is 0.975. The second kappa shape index (κ2) is 4.55. The number of hydrogen-bond donors (Lipinski definition) is 2. The Bertz CT molecular complexity index is 290. The summed E-state index contributed by atoms with van der Waals surface area (Å²) in [4.78, 5) is 0. The maximum Gasteiger partial charge on any atom is 0.0555 e. The third-order valence-electron chi connectivity index (χ3n) is 1.52. The van der Waals surface area contributed by atoms with Gasteiger partial charge < -0.3 is 11.5 Å². The lowest BCUT2D eigenvalue weighted by Gasteiger charge is -1.94. The van der Waals surface area contributed by atoms with Crippen LogP contribution in [0.1, 0.15) is 11.1 Å². The van der Waals surface area contributed by atoms with Crippen molar-refractivity contribution in [1.82, 2.24) is 0 Å². The van der Waals surface area contributed by atoms with Crippen molar-refractivity contribution >= 4 is 0 Å². The van der Waals surface area contributed by atoms with Gasteiger partial charge in [-0.15, -0.1) is 0 Å². The Morgan fingerprint density at radius 3 is 2.25 bits per heavy atom. The molecule has 0 amide bonds. The van der Waals surface area contributed by atoms with E-state index in [0.29, 0.717) is 13.1 Å². The monoisotopic (exact) mass is 160 g/mol. The van der Waals surface area contributed by atoms with E-state index in [1.54, 1.807) is 0 Å². The average molecular weight is 160 g/mol. The molecule has 4 N–H and O–H groups in total. The van der Waals surface area contributed by atoms with Gasteiger partial charge in [-0.3, -0.25) is 0 Å². The molecule has 0 radical (unpaired) electrons. The highest BCUT2D eigenvalue weighted by molar-refractivity contribution is 5.36. The Hall–Kier alpha value is -1.30. The van der Waals surface area contributed by atoms with Crippen LogP contribution in [0.5, 0.6) is 0 Å². The fourth-order valence-electron chi connectivity index (χ4n) is 0.877. The molecule has 0 spiro atoms.